The summed E-state index contributed by atoms with van der Waals surface area (Å²) in [5.41, 5.74) is 1.88. The van der Waals surface area contributed by atoms with Crippen molar-refractivity contribution >= 4 is 41.2 Å². The molecule has 2 nitrogen and oxygen atoms in total. The molecule has 35 heavy (non-hydrogen) atoms. The zero-order chi connectivity index (χ0) is 25.4. The Morgan fingerprint density at radius 2 is 1.54 bits per heavy atom. The molecular weight excluding hydrogens is 509 g/mol. The highest BCUT2D eigenvalue weighted by atomic mass is 35.5. The van der Waals surface area contributed by atoms with E-state index in [1.807, 2.05) is 19.1 Å². The molecule has 0 aromatic heterocycles. The monoisotopic (exact) mass is 538 g/mol. The second-order valence-electron chi connectivity index (χ2n) is 8.04. The maximum Gasteiger partial charge on any atom is 0.147 e. The maximum atomic E-state index is 14.9. The van der Waals surface area contributed by atoms with Crippen molar-refractivity contribution in [2.24, 2.45) is 0 Å². The Morgan fingerprint density at radius 3 is 2.23 bits per heavy atom. The molecule has 0 bridgehead atoms. The Hall–Kier alpha value is -1.80. The summed E-state index contributed by atoms with van der Waals surface area (Å²) in [7, 11) is 0. The first kappa shape index (κ1) is 27.8. The topological polar surface area (TPSA) is 6.48 Å². The molecule has 0 saturated heterocycles. The fourth-order valence-corrected chi connectivity index (χ4v) is 5.81. The molecule has 0 fully saturated rings. The number of aryl methyl sites for hydroxylation is 1. The number of rotatable bonds is 12. The Labute approximate surface area is 220 Å². The van der Waals surface area contributed by atoms with Gasteiger partial charge in [0.25, 0.3) is 0 Å². The molecule has 8 heteroatoms. The molecule has 0 aliphatic carbocycles. The molecule has 1 atom stereocenters. The van der Waals surface area contributed by atoms with Crippen molar-refractivity contribution in [3.63, 3.8) is 0 Å². The van der Waals surface area contributed by atoms with E-state index in [2.05, 4.69) is 18.2 Å². The van der Waals surface area contributed by atoms with Crippen LogP contribution in [0.3, 0.4) is 0 Å². The first-order chi connectivity index (χ1) is 16.8. The van der Waals surface area contributed by atoms with Gasteiger partial charge in [0.2, 0.25) is 0 Å². The van der Waals surface area contributed by atoms with Crippen molar-refractivity contribution < 1.29 is 13.2 Å². The summed E-state index contributed by atoms with van der Waals surface area (Å²) in [6.07, 6.45) is 1.57. The van der Waals surface area contributed by atoms with Crippen LogP contribution in [-0.2, 0) is 6.42 Å². The molecule has 0 amide bonds. The summed E-state index contributed by atoms with van der Waals surface area (Å²) >= 11 is 9.11. The number of halogens is 4. The molecule has 3 aromatic carbocycles. The summed E-state index contributed by atoms with van der Waals surface area (Å²) in [4.78, 5) is 0.823. The third-order valence-corrected chi connectivity index (χ3v) is 8.44. The van der Waals surface area contributed by atoms with E-state index in [-0.39, 0.29) is 17.5 Å². The van der Waals surface area contributed by atoms with Crippen molar-refractivity contribution in [2.75, 3.05) is 23.1 Å². The van der Waals surface area contributed by atoms with Crippen LogP contribution in [-0.4, -0.2) is 23.1 Å². The van der Waals surface area contributed by atoms with Crippen LogP contribution in [0.1, 0.15) is 44.4 Å². The summed E-state index contributed by atoms with van der Waals surface area (Å²) in [5, 5.41) is 0.592. The zero-order valence-electron chi connectivity index (χ0n) is 20.1. The molecule has 0 radical (unpaired) electrons. The minimum absolute atomic E-state index is 0.129. The Balaban J connectivity index is 1.91. The largest absolute Gasteiger partial charge is 0.302 e. The van der Waals surface area contributed by atoms with Gasteiger partial charge in [-0.3, -0.25) is 4.31 Å². The quantitative estimate of drug-likeness (QED) is 0.167. The molecule has 0 aliphatic rings. The number of benzene rings is 3. The van der Waals surface area contributed by atoms with Crippen LogP contribution in [0.15, 0.2) is 65.6 Å². The lowest BCUT2D eigenvalue weighted by atomic mass is 9.97. The normalized spacial score (nSPS) is 12.2. The molecule has 0 saturated carbocycles. The number of anilines is 1. The van der Waals surface area contributed by atoms with Crippen molar-refractivity contribution in [1.29, 1.82) is 0 Å². The first-order valence-electron chi connectivity index (χ1n) is 11.7. The lowest BCUT2D eigenvalue weighted by Gasteiger charge is -2.32. The van der Waals surface area contributed by atoms with Crippen LogP contribution >= 0.6 is 35.5 Å². The van der Waals surface area contributed by atoms with Gasteiger partial charge < -0.3 is 4.31 Å². The standard InChI is InChI=1S/C27H30ClF3N2S2/c1-4-32(5-2)34-16-6-7-20-17-22(29)10-14-25(20)19(3)33(27-18-23(30)11-15-26(27)31)35-24-12-8-21(28)9-13-24/h8-15,17-19H,4-7,16H2,1-3H3. The van der Waals surface area contributed by atoms with Crippen molar-refractivity contribution in [3.8, 4) is 0 Å². The van der Waals surface area contributed by atoms with E-state index in [9.17, 15) is 13.2 Å². The summed E-state index contributed by atoms with van der Waals surface area (Å²) in [6, 6.07) is 15.0. The SMILES string of the molecule is CCN(CC)SCCCc1cc(F)ccc1C(C)N(Sc1ccc(Cl)cc1)c1cc(F)ccc1F. The van der Waals surface area contributed by atoms with E-state index in [1.165, 1.54) is 24.1 Å². The highest BCUT2D eigenvalue weighted by Gasteiger charge is 2.24. The summed E-state index contributed by atoms with van der Waals surface area (Å²) in [5.74, 6) is -0.434. The molecule has 3 aromatic rings. The predicted octanol–water partition coefficient (Wildman–Crippen LogP) is 8.95. The van der Waals surface area contributed by atoms with Gasteiger partial charge in [-0.05, 0) is 91.4 Å². The maximum absolute atomic E-state index is 14.9. The van der Waals surface area contributed by atoms with Crippen LogP contribution < -0.4 is 4.31 Å². The number of nitrogens with zero attached hydrogens (tertiary/aromatic N) is 2. The third kappa shape index (κ3) is 7.84. The second-order valence-corrected chi connectivity index (χ2v) is 10.7. The summed E-state index contributed by atoms with van der Waals surface area (Å²) in [6.45, 7) is 8.12. The van der Waals surface area contributed by atoms with Crippen LogP contribution in [0.25, 0.3) is 0 Å². The van der Waals surface area contributed by atoms with Gasteiger partial charge in [-0.25, -0.2) is 13.2 Å². The van der Waals surface area contributed by atoms with Gasteiger partial charge in [-0.15, -0.1) is 0 Å². The Morgan fingerprint density at radius 1 is 0.886 bits per heavy atom. The molecule has 3 rings (SSSR count). The van der Waals surface area contributed by atoms with Gasteiger partial charge in [-0.1, -0.05) is 43.5 Å². The molecular formula is C27H30ClF3N2S2. The average Bonchev–Trinajstić information content (AvgIpc) is 2.85. The van der Waals surface area contributed by atoms with Crippen LogP contribution in [0.5, 0.6) is 0 Å². The minimum atomic E-state index is -0.529. The Kier molecular flexibility index (Phi) is 10.7. The Bertz CT molecular complexity index is 1090. The van der Waals surface area contributed by atoms with E-state index in [0.29, 0.717) is 11.4 Å². The zero-order valence-corrected chi connectivity index (χ0v) is 22.5. The van der Waals surface area contributed by atoms with Gasteiger partial charge >= 0.3 is 0 Å². The number of hydrogen-bond donors (Lipinski definition) is 0. The number of hydrogen-bond acceptors (Lipinski definition) is 4. The second kappa shape index (κ2) is 13.5. The van der Waals surface area contributed by atoms with Gasteiger partial charge in [0.05, 0.1) is 11.7 Å². The van der Waals surface area contributed by atoms with Crippen molar-refractivity contribution in [2.45, 2.75) is 44.6 Å². The summed E-state index contributed by atoms with van der Waals surface area (Å²) < 4.78 is 47.3. The van der Waals surface area contributed by atoms with Gasteiger partial charge in [0, 0.05) is 34.8 Å². The third-order valence-electron chi connectivity index (χ3n) is 5.64. The van der Waals surface area contributed by atoms with E-state index in [0.717, 1.165) is 53.4 Å². The molecule has 0 spiro atoms. The predicted molar refractivity (Wildman–Crippen MR) is 145 cm³/mol. The van der Waals surface area contributed by atoms with E-state index < -0.39 is 11.6 Å². The van der Waals surface area contributed by atoms with Gasteiger partial charge in [0.1, 0.15) is 17.5 Å². The molecule has 188 valence electrons. The van der Waals surface area contributed by atoms with E-state index >= 15 is 0 Å². The van der Waals surface area contributed by atoms with Crippen molar-refractivity contribution in [3.05, 3.63) is 94.3 Å². The van der Waals surface area contributed by atoms with E-state index in [4.69, 9.17) is 11.6 Å². The van der Waals surface area contributed by atoms with Crippen LogP contribution in [0, 0.1) is 17.5 Å². The highest BCUT2D eigenvalue weighted by molar-refractivity contribution is 8.00. The lowest BCUT2D eigenvalue weighted by Crippen LogP contribution is -2.22. The fourth-order valence-electron chi connectivity index (χ4n) is 3.79. The molecule has 0 aliphatic heterocycles. The smallest absolute Gasteiger partial charge is 0.147 e. The van der Waals surface area contributed by atoms with Crippen LogP contribution in [0.4, 0.5) is 18.9 Å². The molecule has 0 heterocycles. The fraction of sp³-hybridized carbons (Fsp3) is 0.333. The molecule has 0 N–H and O–H groups in total. The first-order valence-corrected chi connectivity index (χ1v) is 13.8. The van der Waals surface area contributed by atoms with Gasteiger partial charge in [0.15, 0.2) is 0 Å². The lowest BCUT2D eigenvalue weighted by molar-refractivity contribution is 0.524. The highest BCUT2D eigenvalue weighted by Crippen LogP contribution is 2.40. The van der Waals surface area contributed by atoms with Crippen molar-refractivity contribution in [1.82, 2.24) is 4.31 Å². The van der Waals surface area contributed by atoms with Gasteiger partial charge in [-0.2, -0.15) is 0 Å². The molecule has 1 unspecified atom stereocenters. The van der Waals surface area contributed by atoms with Crippen LogP contribution in [0.2, 0.25) is 5.02 Å². The average molecular weight is 539 g/mol. The minimum Gasteiger partial charge on any atom is -0.302 e. The van der Waals surface area contributed by atoms with E-state index in [1.54, 1.807) is 40.5 Å².